The highest BCUT2D eigenvalue weighted by molar-refractivity contribution is 9.10. The largest absolute Gasteiger partial charge is 0.496 e. The number of thioether (sulfide) groups is 1. The molecule has 0 radical (unpaired) electrons. The van der Waals surface area contributed by atoms with Crippen LogP contribution in [0.3, 0.4) is 0 Å². The van der Waals surface area contributed by atoms with Gasteiger partial charge in [-0.3, -0.25) is 4.79 Å². The summed E-state index contributed by atoms with van der Waals surface area (Å²) in [5.41, 5.74) is 4.09. The molecule has 4 rings (SSSR count). The third-order valence-corrected chi connectivity index (χ3v) is 6.73. The standard InChI is InChI=1S/C23H20BrNO2S/c1-27-21-12-11-19(15-20(21)24)23-25(13-14-28-23)22(26)18-9-7-17(8-10-18)16-5-3-2-4-6-16/h2-12,15,23H,13-14H2,1H3. The van der Waals surface area contributed by atoms with Crippen LogP contribution in [0.25, 0.3) is 11.1 Å². The van der Waals surface area contributed by atoms with Gasteiger partial charge < -0.3 is 9.64 Å². The summed E-state index contributed by atoms with van der Waals surface area (Å²) in [5, 5.41) is 0.0171. The van der Waals surface area contributed by atoms with E-state index in [1.165, 1.54) is 0 Å². The Kier molecular flexibility index (Phi) is 5.74. The Bertz CT molecular complexity index is 976. The highest BCUT2D eigenvalue weighted by Gasteiger charge is 2.31. The van der Waals surface area contributed by atoms with Crippen LogP contribution in [0.15, 0.2) is 77.3 Å². The van der Waals surface area contributed by atoms with Crippen molar-refractivity contribution in [2.24, 2.45) is 0 Å². The van der Waals surface area contributed by atoms with Gasteiger partial charge in [-0.1, -0.05) is 48.5 Å². The van der Waals surface area contributed by atoms with Crippen LogP contribution in [-0.2, 0) is 0 Å². The number of rotatable bonds is 4. The van der Waals surface area contributed by atoms with Crippen molar-refractivity contribution in [3.05, 3.63) is 88.4 Å². The summed E-state index contributed by atoms with van der Waals surface area (Å²) in [6.45, 7) is 0.748. The Balaban J connectivity index is 1.56. The fourth-order valence-corrected chi connectivity index (χ4v) is 5.20. The quantitative estimate of drug-likeness (QED) is 0.484. The Hall–Kier alpha value is -2.24. The lowest BCUT2D eigenvalue weighted by molar-refractivity contribution is 0.0760. The van der Waals surface area contributed by atoms with E-state index in [1.54, 1.807) is 18.9 Å². The first-order chi connectivity index (χ1) is 13.7. The van der Waals surface area contributed by atoms with Crippen molar-refractivity contribution in [1.82, 2.24) is 4.90 Å². The minimum atomic E-state index is 0.0171. The molecule has 0 aromatic heterocycles. The average Bonchev–Trinajstić information content (AvgIpc) is 3.24. The SMILES string of the molecule is COc1ccc(C2SCCN2C(=O)c2ccc(-c3ccccc3)cc2)cc1Br. The van der Waals surface area contributed by atoms with E-state index in [-0.39, 0.29) is 11.3 Å². The highest BCUT2D eigenvalue weighted by Crippen LogP contribution is 2.41. The molecule has 28 heavy (non-hydrogen) atoms. The van der Waals surface area contributed by atoms with Gasteiger partial charge in [0.05, 0.1) is 11.6 Å². The molecule has 1 fully saturated rings. The molecule has 3 aromatic carbocycles. The number of benzene rings is 3. The summed E-state index contributed by atoms with van der Waals surface area (Å²) in [6, 6.07) is 24.1. The Labute approximate surface area is 177 Å². The van der Waals surface area contributed by atoms with E-state index < -0.39 is 0 Å². The zero-order valence-corrected chi connectivity index (χ0v) is 17.9. The first kappa shape index (κ1) is 19.1. The Morgan fingerprint density at radius 1 is 1.04 bits per heavy atom. The lowest BCUT2D eigenvalue weighted by atomic mass is 10.0. The van der Waals surface area contributed by atoms with E-state index in [9.17, 15) is 4.79 Å². The van der Waals surface area contributed by atoms with E-state index >= 15 is 0 Å². The molecule has 1 saturated heterocycles. The summed E-state index contributed by atoms with van der Waals surface area (Å²) < 4.78 is 6.22. The van der Waals surface area contributed by atoms with Gasteiger partial charge in [0, 0.05) is 17.9 Å². The number of methoxy groups -OCH3 is 1. The molecule has 1 aliphatic rings. The maximum atomic E-state index is 13.2. The molecule has 3 aromatic rings. The molecule has 1 atom stereocenters. The summed E-state index contributed by atoms with van der Waals surface area (Å²) in [6.07, 6.45) is 0. The zero-order valence-electron chi connectivity index (χ0n) is 15.5. The molecule has 3 nitrogen and oxygen atoms in total. The number of ether oxygens (including phenoxy) is 1. The normalized spacial score (nSPS) is 16.2. The number of halogens is 1. The minimum absolute atomic E-state index is 0.0171. The number of amides is 1. The maximum absolute atomic E-state index is 13.2. The number of nitrogens with zero attached hydrogens (tertiary/aromatic N) is 1. The summed E-state index contributed by atoms with van der Waals surface area (Å²) in [4.78, 5) is 15.1. The molecule has 0 N–H and O–H groups in total. The van der Waals surface area contributed by atoms with Gasteiger partial charge in [0.2, 0.25) is 0 Å². The first-order valence-electron chi connectivity index (χ1n) is 9.09. The van der Waals surface area contributed by atoms with Gasteiger partial charge >= 0.3 is 0 Å². The number of carbonyl (C=O) groups excluding carboxylic acids is 1. The van der Waals surface area contributed by atoms with E-state index in [0.717, 1.165) is 44.8 Å². The second-order valence-corrected chi connectivity index (χ2v) is 8.60. The maximum Gasteiger partial charge on any atom is 0.255 e. The van der Waals surface area contributed by atoms with Crippen molar-refractivity contribution in [2.45, 2.75) is 5.37 Å². The summed E-state index contributed by atoms with van der Waals surface area (Å²) in [7, 11) is 1.65. The molecule has 0 spiro atoms. The van der Waals surface area contributed by atoms with Gasteiger partial charge in [0.15, 0.2) is 0 Å². The van der Waals surface area contributed by atoms with Gasteiger partial charge in [-0.25, -0.2) is 0 Å². The fraction of sp³-hybridized carbons (Fsp3) is 0.174. The van der Waals surface area contributed by atoms with Gasteiger partial charge in [-0.05, 0) is 56.9 Å². The third kappa shape index (κ3) is 3.82. The van der Waals surface area contributed by atoms with Crippen LogP contribution in [-0.4, -0.2) is 30.2 Å². The molecular weight excluding hydrogens is 434 g/mol. The zero-order chi connectivity index (χ0) is 19.5. The average molecular weight is 454 g/mol. The number of carbonyl (C=O) groups is 1. The van der Waals surface area contributed by atoms with Crippen molar-refractivity contribution < 1.29 is 9.53 Å². The molecule has 0 saturated carbocycles. The molecule has 1 heterocycles. The van der Waals surface area contributed by atoms with Crippen LogP contribution < -0.4 is 4.74 Å². The van der Waals surface area contributed by atoms with E-state index in [0.29, 0.717) is 0 Å². The molecule has 5 heteroatoms. The second kappa shape index (κ2) is 8.41. The van der Waals surface area contributed by atoms with Gasteiger partial charge in [0.1, 0.15) is 11.1 Å². The van der Waals surface area contributed by atoms with E-state index in [4.69, 9.17) is 4.74 Å². The first-order valence-corrected chi connectivity index (χ1v) is 10.9. The predicted octanol–water partition coefficient (Wildman–Crippen LogP) is 6.01. The number of hydrogen-bond donors (Lipinski definition) is 0. The number of hydrogen-bond acceptors (Lipinski definition) is 3. The topological polar surface area (TPSA) is 29.5 Å². The summed E-state index contributed by atoms with van der Waals surface area (Å²) >= 11 is 5.34. The van der Waals surface area contributed by atoms with E-state index in [2.05, 4.69) is 28.1 Å². The van der Waals surface area contributed by atoms with Crippen molar-refractivity contribution in [2.75, 3.05) is 19.4 Å². The van der Waals surface area contributed by atoms with Crippen LogP contribution in [0.4, 0.5) is 0 Å². The lowest BCUT2D eigenvalue weighted by Gasteiger charge is -2.24. The van der Waals surface area contributed by atoms with Crippen molar-refractivity contribution in [3.8, 4) is 16.9 Å². The van der Waals surface area contributed by atoms with Gasteiger partial charge in [-0.15, -0.1) is 11.8 Å². The van der Waals surface area contributed by atoms with Gasteiger partial charge in [-0.2, -0.15) is 0 Å². The summed E-state index contributed by atoms with van der Waals surface area (Å²) in [5.74, 6) is 1.80. The second-order valence-electron chi connectivity index (χ2n) is 6.56. The van der Waals surface area contributed by atoms with Crippen LogP contribution in [0.1, 0.15) is 21.3 Å². The van der Waals surface area contributed by atoms with E-state index in [1.807, 2.05) is 65.6 Å². The van der Waals surface area contributed by atoms with Crippen molar-refractivity contribution >= 4 is 33.6 Å². The smallest absolute Gasteiger partial charge is 0.255 e. The minimum Gasteiger partial charge on any atom is -0.496 e. The Morgan fingerprint density at radius 3 is 2.43 bits per heavy atom. The predicted molar refractivity (Wildman–Crippen MR) is 119 cm³/mol. The molecule has 0 bridgehead atoms. The lowest BCUT2D eigenvalue weighted by Crippen LogP contribution is -2.30. The monoisotopic (exact) mass is 453 g/mol. The van der Waals surface area contributed by atoms with Crippen LogP contribution in [0, 0.1) is 0 Å². The molecule has 0 aliphatic carbocycles. The Morgan fingerprint density at radius 2 is 1.75 bits per heavy atom. The van der Waals surface area contributed by atoms with Crippen LogP contribution in [0.5, 0.6) is 5.75 Å². The van der Waals surface area contributed by atoms with Crippen LogP contribution >= 0.6 is 27.7 Å². The molecule has 1 unspecified atom stereocenters. The molecule has 1 amide bonds. The van der Waals surface area contributed by atoms with Gasteiger partial charge in [0.25, 0.3) is 5.91 Å². The molecule has 142 valence electrons. The highest BCUT2D eigenvalue weighted by atomic mass is 79.9. The molecule has 1 aliphatic heterocycles. The fourth-order valence-electron chi connectivity index (χ4n) is 3.39. The van der Waals surface area contributed by atoms with Crippen molar-refractivity contribution in [3.63, 3.8) is 0 Å². The third-order valence-electron chi connectivity index (χ3n) is 4.85. The molecular formula is C23H20BrNO2S. The van der Waals surface area contributed by atoms with Crippen LogP contribution in [0.2, 0.25) is 0 Å². The van der Waals surface area contributed by atoms with Crippen molar-refractivity contribution in [1.29, 1.82) is 0 Å².